The van der Waals surface area contributed by atoms with Gasteiger partial charge in [0.1, 0.15) is 5.75 Å². The van der Waals surface area contributed by atoms with Crippen LogP contribution in [0.15, 0.2) is 24.3 Å². The van der Waals surface area contributed by atoms with Crippen LogP contribution < -0.4 is 4.74 Å². The Morgan fingerprint density at radius 2 is 1.72 bits per heavy atom. The zero-order valence-corrected chi connectivity index (χ0v) is 11.5. The topological polar surface area (TPSA) is 46.5 Å². The molecule has 3 heteroatoms. The van der Waals surface area contributed by atoms with Crippen LogP contribution in [0.4, 0.5) is 0 Å². The summed E-state index contributed by atoms with van der Waals surface area (Å²) in [6, 6.07) is 7.75. The molecule has 0 saturated carbocycles. The van der Waals surface area contributed by atoms with Crippen molar-refractivity contribution in [1.82, 2.24) is 0 Å². The quantitative estimate of drug-likeness (QED) is 0.837. The lowest BCUT2D eigenvalue weighted by Gasteiger charge is -2.20. The minimum Gasteiger partial charge on any atom is -0.491 e. The van der Waals surface area contributed by atoms with Crippen molar-refractivity contribution >= 4 is 5.97 Å². The van der Waals surface area contributed by atoms with Crippen LogP contribution in [-0.2, 0) is 4.79 Å². The normalized spacial score (nSPS) is 12.8. The van der Waals surface area contributed by atoms with Crippen LogP contribution in [-0.4, -0.2) is 17.2 Å². The van der Waals surface area contributed by atoms with Crippen LogP contribution in [0, 0.1) is 5.92 Å². The third-order valence-electron chi connectivity index (χ3n) is 2.88. The Labute approximate surface area is 109 Å². The summed E-state index contributed by atoms with van der Waals surface area (Å²) in [7, 11) is 0. The molecule has 0 heterocycles. The van der Waals surface area contributed by atoms with E-state index in [0.29, 0.717) is 5.92 Å². The van der Waals surface area contributed by atoms with Gasteiger partial charge in [-0.3, -0.25) is 4.79 Å². The van der Waals surface area contributed by atoms with Crippen LogP contribution in [0.3, 0.4) is 0 Å². The molecule has 0 aliphatic rings. The number of hydrogen-bond donors (Lipinski definition) is 1. The van der Waals surface area contributed by atoms with Gasteiger partial charge < -0.3 is 9.84 Å². The fourth-order valence-corrected chi connectivity index (χ4v) is 1.99. The van der Waals surface area contributed by atoms with E-state index in [9.17, 15) is 4.79 Å². The van der Waals surface area contributed by atoms with E-state index in [4.69, 9.17) is 9.84 Å². The number of carboxylic acid groups (broad SMARTS) is 1. The molecule has 0 spiro atoms. The lowest BCUT2D eigenvalue weighted by molar-refractivity contribution is -0.137. The minimum atomic E-state index is -0.754. The SMILES string of the molecule is CC(C)Oc1ccc(C(CC(=O)O)C(C)C)cc1. The maximum absolute atomic E-state index is 10.9. The van der Waals surface area contributed by atoms with Crippen molar-refractivity contribution < 1.29 is 14.6 Å². The summed E-state index contributed by atoms with van der Waals surface area (Å²) in [4.78, 5) is 10.9. The largest absolute Gasteiger partial charge is 0.491 e. The van der Waals surface area contributed by atoms with Gasteiger partial charge in [0.2, 0.25) is 0 Å². The highest BCUT2D eigenvalue weighted by molar-refractivity contribution is 5.68. The molecule has 1 aromatic carbocycles. The van der Waals surface area contributed by atoms with Gasteiger partial charge in [-0.05, 0) is 43.4 Å². The number of aliphatic carboxylic acids is 1. The second-order valence-electron chi connectivity index (χ2n) is 5.18. The lowest BCUT2D eigenvalue weighted by Crippen LogP contribution is -2.12. The number of hydrogen-bond acceptors (Lipinski definition) is 2. The molecular weight excluding hydrogens is 228 g/mol. The first-order chi connectivity index (χ1) is 8.40. The van der Waals surface area contributed by atoms with Crippen LogP contribution in [0.2, 0.25) is 0 Å². The first kappa shape index (κ1) is 14.6. The monoisotopic (exact) mass is 250 g/mol. The Bertz CT molecular complexity index is 379. The van der Waals surface area contributed by atoms with E-state index in [1.54, 1.807) is 0 Å². The van der Waals surface area contributed by atoms with Gasteiger partial charge in [0.25, 0.3) is 0 Å². The summed E-state index contributed by atoms with van der Waals surface area (Å²) in [6.45, 7) is 8.06. The van der Waals surface area contributed by atoms with Crippen LogP contribution >= 0.6 is 0 Å². The molecule has 0 aliphatic heterocycles. The molecule has 0 aliphatic carbocycles. The van der Waals surface area contributed by atoms with Crippen LogP contribution in [0.25, 0.3) is 0 Å². The van der Waals surface area contributed by atoms with Gasteiger partial charge in [-0.15, -0.1) is 0 Å². The van der Waals surface area contributed by atoms with E-state index in [2.05, 4.69) is 0 Å². The molecule has 3 nitrogen and oxygen atoms in total. The van der Waals surface area contributed by atoms with E-state index in [0.717, 1.165) is 11.3 Å². The number of carbonyl (C=O) groups is 1. The standard InChI is InChI=1S/C15H22O3/c1-10(2)14(9-15(16)17)12-5-7-13(8-6-12)18-11(3)4/h5-8,10-11,14H,9H2,1-4H3,(H,16,17). The third-order valence-corrected chi connectivity index (χ3v) is 2.88. The molecule has 1 atom stereocenters. The molecule has 0 saturated heterocycles. The fourth-order valence-electron chi connectivity index (χ4n) is 1.99. The van der Waals surface area contributed by atoms with E-state index >= 15 is 0 Å². The molecule has 1 rings (SSSR count). The molecule has 1 unspecified atom stereocenters. The molecule has 0 amide bonds. The molecule has 0 bridgehead atoms. The summed E-state index contributed by atoms with van der Waals surface area (Å²) >= 11 is 0. The second-order valence-corrected chi connectivity index (χ2v) is 5.18. The van der Waals surface area contributed by atoms with Gasteiger partial charge in [0.05, 0.1) is 12.5 Å². The van der Waals surface area contributed by atoms with Crippen molar-refractivity contribution in [3.63, 3.8) is 0 Å². The summed E-state index contributed by atoms with van der Waals surface area (Å²) in [5.74, 6) is 0.427. The molecule has 1 N–H and O–H groups in total. The number of rotatable bonds is 6. The summed E-state index contributed by atoms with van der Waals surface area (Å²) in [6.07, 6.45) is 0.318. The molecule has 0 aromatic heterocycles. The maximum atomic E-state index is 10.9. The van der Waals surface area contributed by atoms with Crippen molar-refractivity contribution in [2.24, 2.45) is 5.92 Å². The second kappa shape index (κ2) is 6.43. The fraction of sp³-hybridized carbons (Fsp3) is 0.533. The Hall–Kier alpha value is -1.51. The summed E-state index contributed by atoms with van der Waals surface area (Å²) in [5.41, 5.74) is 1.06. The predicted octanol–water partition coefficient (Wildman–Crippen LogP) is 3.69. The third kappa shape index (κ3) is 4.40. The lowest BCUT2D eigenvalue weighted by atomic mass is 9.86. The van der Waals surface area contributed by atoms with E-state index in [-0.39, 0.29) is 18.4 Å². The van der Waals surface area contributed by atoms with Gasteiger partial charge in [0, 0.05) is 0 Å². The molecule has 100 valence electrons. The Balaban J connectivity index is 2.83. The van der Waals surface area contributed by atoms with Gasteiger partial charge in [-0.25, -0.2) is 0 Å². The van der Waals surface area contributed by atoms with Crippen LogP contribution in [0.1, 0.15) is 45.6 Å². The summed E-state index contributed by atoms with van der Waals surface area (Å²) < 4.78 is 5.57. The van der Waals surface area contributed by atoms with Crippen molar-refractivity contribution in [1.29, 1.82) is 0 Å². The Morgan fingerprint density at radius 1 is 1.17 bits per heavy atom. The van der Waals surface area contributed by atoms with E-state index < -0.39 is 5.97 Å². The predicted molar refractivity (Wildman–Crippen MR) is 72.0 cm³/mol. The van der Waals surface area contributed by atoms with Gasteiger partial charge >= 0.3 is 5.97 Å². The highest BCUT2D eigenvalue weighted by Gasteiger charge is 2.19. The highest BCUT2D eigenvalue weighted by atomic mass is 16.5. The zero-order valence-electron chi connectivity index (χ0n) is 11.5. The van der Waals surface area contributed by atoms with Crippen molar-refractivity contribution in [2.45, 2.75) is 46.1 Å². The molecule has 1 aromatic rings. The Kier molecular flexibility index (Phi) is 5.20. The van der Waals surface area contributed by atoms with Gasteiger partial charge in [-0.1, -0.05) is 26.0 Å². The highest BCUT2D eigenvalue weighted by Crippen LogP contribution is 2.29. The smallest absolute Gasteiger partial charge is 0.303 e. The number of benzene rings is 1. The van der Waals surface area contributed by atoms with E-state index in [1.807, 2.05) is 52.0 Å². The number of carboxylic acids is 1. The Morgan fingerprint density at radius 3 is 2.11 bits per heavy atom. The van der Waals surface area contributed by atoms with Crippen molar-refractivity contribution in [3.8, 4) is 5.75 Å². The summed E-state index contributed by atoms with van der Waals surface area (Å²) in [5, 5.41) is 8.94. The first-order valence-corrected chi connectivity index (χ1v) is 6.38. The molecule has 0 fully saturated rings. The molecular formula is C15H22O3. The van der Waals surface area contributed by atoms with Crippen molar-refractivity contribution in [2.75, 3.05) is 0 Å². The van der Waals surface area contributed by atoms with E-state index in [1.165, 1.54) is 0 Å². The minimum absolute atomic E-state index is 0.0515. The first-order valence-electron chi connectivity index (χ1n) is 6.38. The van der Waals surface area contributed by atoms with Crippen LogP contribution in [0.5, 0.6) is 5.75 Å². The average Bonchev–Trinajstić information content (AvgIpc) is 2.26. The number of ether oxygens (including phenoxy) is 1. The molecule has 18 heavy (non-hydrogen) atoms. The zero-order chi connectivity index (χ0) is 13.7. The maximum Gasteiger partial charge on any atom is 0.303 e. The average molecular weight is 250 g/mol. The molecule has 0 radical (unpaired) electrons. The van der Waals surface area contributed by atoms with Gasteiger partial charge in [-0.2, -0.15) is 0 Å². The van der Waals surface area contributed by atoms with Gasteiger partial charge in [0.15, 0.2) is 0 Å². The van der Waals surface area contributed by atoms with Crippen molar-refractivity contribution in [3.05, 3.63) is 29.8 Å².